The third-order valence-corrected chi connectivity index (χ3v) is 4.63. The molecule has 0 saturated carbocycles. The molecule has 0 atom stereocenters. The summed E-state index contributed by atoms with van der Waals surface area (Å²) in [6.45, 7) is 4.99. The van der Waals surface area contributed by atoms with Crippen LogP contribution in [0.2, 0.25) is 0 Å². The van der Waals surface area contributed by atoms with Crippen molar-refractivity contribution in [2.45, 2.75) is 25.6 Å². The van der Waals surface area contributed by atoms with Crippen molar-refractivity contribution in [3.05, 3.63) is 30.1 Å². The number of nitrogens with zero attached hydrogens (tertiary/aromatic N) is 3. The van der Waals surface area contributed by atoms with Crippen molar-refractivity contribution in [3.63, 3.8) is 0 Å². The summed E-state index contributed by atoms with van der Waals surface area (Å²) in [7, 11) is -3.34. The van der Waals surface area contributed by atoms with E-state index in [1.807, 2.05) is 12.1 Å². The zero-order valence-corrected chi connectivity index (χ0v) is 12.4. The summed E-state index contributed by atoms with van der Waals surface area (Å²) in [5.41, 5.74) is 1.14. The van der Waals surface area contributed by atoms with Crippen LogP contribution in [0.3, 0.4) is 0 Å². The lowest BCUT2D eigenvalue weighted by molar-refractivity contribution is 0.255. The predicted octanol–water partition coefficient (Wildman–Crippen LogP) is 0.0856. The Bertz CT molecular complexity index is 571. The zero-order valence-electron chi connectivity index (χ0n) is 11.6. The van der Waals surface area contributed by atoms with Gasteiger partial charge in [0.05, 0.1) is 18.6 Å². The molecule has 0 aliphatic carbocycles. The highest BCUT2D eigenvalue weighted by atomic mass is 32.2. The molecule has 110 valence electrons. The number of pyridine rings is 1. The Morgan fingerprint density at radius 1 is 1.40 bits per heavy atom. The van der Waals surface area contributed by atoms with Gasteiger partial charge in [-0.25, -0.2) is 13.4 Å². The van der Waals surface area contributed by atoms with Gasteiger partial charge in [-0.2, -0.15) is 0 Å². The average molecular weight is 297 g/mol. The molecule has 0 saturated heterocycles. The molecular formula is C12H19N5O2S. The second-order valence-electron chi connectivity index (χ2n) is 4.86. The van der Waals surface area contributed by atoms with Gasteiger partial charge in [-0.1, -0.05) is 0 Å². The molecule has 0 amide bonds. The molecule has 2 rings (SSSR count). The molecule has 1 aliphatic heterocycles. The smallest absolute Gasteiger partial charge is 0.237 e. The molecule has 0 spiro atoms. The van der Waals surface area contributed by atoms with Crippen LogP contribution in [0.5, 0.6) is 0 Å². The highest BCUT2D eigenvalue weighted by Crippen LogP contribution is 2.04. The van der Waals surface area contributed by atoms with E-state index in [2.05, 4.69) is 24.9 Å². The minimum absolute atomic E-state index is 0.310. The van der Waals surface area contributed by atoms with Crippen LogP contribution >= 0.6 is 0 Å². The molecule has 0 fully saturated rings. The highest BCUT2D eigenvalue weighted by molar-refractivity contribution is 7.90. The summed E-state index contributed by atoms with van der Waals surface area (Å²) < 4.78 is 25.9. The lowest BCUT2D eigenvalue weighted by Crippen LogP contribution is -2.51. The Kier molecular flexibility index (Phi) is 4.56. The first kappa shape index (κ1) is 14.7. The fourth-order valence-corrected chi connectivity index (χ4v) is 2.28. The molecule has 1 aromatic heterocycles. The first-order valence-corrected chi connectivity index (χ1v) is 7.93. The summed E-state index contributed by atoms with van der Waals surface area (Å²) in [5, 5.41) is 2.49. The van der Waals surface area contributed by atoms with Crippen molar-refractivity contribution in [1.29, 1.82) is 0 Å². The number of sulfonamides is 1. The van der Waals surface area contributed by atoms with E-state index in [-0.39, 0.29) is 0 Å². The third kappa shape index (κ3) is 3.91. The number of rotatable bonds is 4. The molecule has 0 bridgehead atoms. The summed E-state index contributed by atoms with van der Waals surface area (Å²) in [5.74, 6) is 0.310. The molecule has 1 aromatic rings. The zero-order chi connectivity index (χ0) is 14.6. The van der Waals surface area contributed by atoms with Crippen LogP contribution in [0.1, 0.15) is 19.4 Å². The minimum atomic E-state index is -3.34. The number of guanidine groups is 1. The van der Waals surface area contributed by atoms with E-state index in [4.69, 9.17) is 0 Å². The maximum atomic E-state index is 11.7. The molecule has 2 heterocycles. The van der Waals surface area contributed by atoms with Crippen molar-refractivity contribution in [3.8, 4) is 0 Å². The first-order valence-electron chi connectivity index (χ1n) is 6.38. The molecule has 20 heavy (non-hydrogen) atoms. The number of nitrogens with one attached hydrogen (secondary N) is 2. The SMILES string of the molecule is CC(C)S(=O)(=O)NC1=NCN(Cc2ccncc2)CN1. The van der Waals surface area contributed by atoms with Gasteiger partial charge in [-0.05, 0) is 31.5 Å². The second-order valence-corrected chi connectivity index (χ2v) is 7.10. The Hall–Kier alpha value is -1.67. The standard InChI is InChI=1S/C12H19N5O2S/c1-10(2)20(18,19)16-12-14-8-17(9-15-12)7-11-3-5-13-6-4-11/h3-6,10H,7-9H2,1-2H3,(H2,14,15,16). The molecule has 1 aliphatic rings. The molecule has 7 nitrogen and oxygen atoms in total. The van der Waals surface area contributed by atoms with E-state index < -0.39 is 15.3 Å². The quantitative estimate of drug-likeness (QED) is 0.822. The normalized spacial score (nSPS) is 16.6. The van der Waals surface area contributed by atoms with Crippen molar-refractivity contribution in [1.82, 2.24) is 19.9 Å². The van der Waals surface area contributed by atoms with E-state index in [0.29, 0.717) is 19.3 Å². The fraction of sp³-hybridized carbons (Fsp3) is 0.500. The topological polar surface area (TPSA) is 86.7 Å². The largest absolute Gasteiger partial charge is 0.343 e. The van der Waals surface area contributed by atoms with E-state index in [9.17, 15) is 8.42 Å². The number of aromatic nitrogens is 1. The van der Waals surface area contributed by atoms with Crippen molar-refractivity contribution < 1.29 is 8.42 Å². The van der Waals surface area contributed by atoms with Crippen LogP contribution in [0.25, 0.3) is 0 Å². The Labute approximate surface area is 119 Å². The minimum Gasteiger partial charge on any atom is -0.343 e. The lowest BCUT2D eigenvalue weighted by atomic mass is 10.2. The van der Waals surface area contributed by atoms with Gasteiger partial charge in [0.25, 0.3) is 0 Å². The van der Waals surface area contributed by atoms with E-state index in [0.717, 1.165) is 12.1 Å². The van der Waals surface area contributed by atoms with Crippen LogP contribution in [0.15, 0.2) is 29.5 Å². The monoisotopic (exact) mass is 297 g/mol. The molecule has 0 radical (unpaired) electrons. The molecule has 2 N–H and O–H groups in total. The maximum Gasteiger partial charge on any atom is 0.237 e. The van der Waals surface area contributed by atoms with Crippen LogP contribution in [0.4, 0.5) is 0 Å². The molecule has 0 aromatic carbocycles. The lowest BCUT2D eigenvalue weighted by Gasteiger charge is -2.27. The number of aliphatic imine (C=N–C) groups is 1. The predicted molar refractivity (Wildman–Crippen MR) is 77.3 cm³/mol. The third-order valence-electron chi connectivity index (χ3n) is 2.91. The maximum absolute atomic E-state index is 11.7. The van der Waals surface area contributed by atoms with Gasteiger partial charge in [-0.3, -0.25) is 14.6 Å². The average Bonchev–Trinajstić information content (AvgIpc) is 2.42. The Balaban J connectivity index is 1.91. The first-order chi connectivity index (χ1) is 9.47. The van der Waals surface area contributed by atoms with Gasteiger partial charge in [0.15, 0.2) is 0 Å². The molecule has 8 heteroatoms. The van der Waals surface area contributed by atoms with Gasteiger partial charge in [0.2, 0.25) is 16.0 Å². The van der Waals surface area contributed by atoms with Gasteiger partial charge >= 0.3 is 0 Å². The second kappa shape index (κ2) is 6.19. The van der Waals surface area contributed by atoms with Crippen molar-refractivity contribution >= 4 is 16.0 Å². The van der Waals surface area contributed by atoms with Gasteiger partial charge in [-0.15, -0.1) is 0 Å². The van der Waals surface area contributed by atoms with Crippen LogP contribution in [0, 0.1) is 0 Å². The van der Waals surface area contributed by atoms with E-state index >= 15 is 0 Å². The fourth-order valence-electron chi connectivity index (χ4n) is 1.64. The van der Waals surface area contributed by atoms with E-state index in [1.54, 1.807) is 26.2 Å². The Morgan fingerprint density at radius 3 is 2.65 bits per heavy atom. The Morgan fingerprint density at radius 2 is 2.10 bits per heavy atom. The van der Waals surface area contributed by atoms with E-state index in [1.165, 1.54) is 0 Å². The number of hydrogen-bond donors (Lipinski definition) is 2. The van der Waals surface area contributed by atoms with Gasteiger partial charge in [0, 0.05) is 18.9 Å². The summed E-state index contributed by atoms with van der Waals surface area (Å²) in [4.78, 5) is 10.2. The molecular weight excluding hydrogens is 278 g/mol. The van der Waals surface area contributed by atoms with Crippen molar-refractivity contribution in [2.75, 3.05) is 13.3 Å². The number of hydrogen-bond acceptors (Lipinski definition) is 6. The summed E-state index contributed by atoms with van der Waals surface area (Å²) in [6.07, 6.45) is 3.50. The van der Waals surface area contributed by atoms with Gasteiger partial charge < -0.3 is 5.32 Å². The van der Waals surface area contributed by atoms with Crippen LogP contribution in [-0.4, -0.2) is 42.8 Å². The highest BCUT2D eigenvalue weighted by Gasteiger charge is 2.20. The molecule has 0 unspecified atom stereocenters. The summed E-state index contributed by atoms with van der Waals surface area (Å²) in [6, 6.07) is 3.89. The summed E-state index contributed by atoms with van der Waals surface area (Å²) >= 11 is 0. The van der Waals surface area contributed by atoms with Crippen LogP contribution < -0.4 is 10.0 Å². The van der Waals surface area contributed by atoms with Crippen LogP contribution in [-0.2, 0) is 16.6 Å². The van der Waals surface area contributed by atoms with Gasteiger partial charge in [0.1, 0.15) is 0 Å². The van der Waals surface area contributed by atoms with Crippen molar-refractivity contribution in [2.24, 2.45) is 4.99 Å².